The highest BCUT2D eigenvalue weighted by molar-refractivity contribution is 5.81. The van der Waals surface area contributed by atoms with Gasteiger partial charge in [0.1, 0.15) is 5.76 Å². The zero-order valence-corrected chi connectivity index (χ0v) is 15.5. The first kappa shape index (κ1) is 16.5. The van der Waals surface area contributed by atoms with Crippen LogP contribution in [0.4, 0.5) is 5.69 Å². The summed E-state index contributed by atoms with van der Waals surface area (Å²) in [6.07, 6.45) is 4.86. The lowest BCUT2D eigenvalue weighted by Crippen LogP contribution is -2.46. The van der Waals surface area contributed by atoms with Gasteiger partial charge in [-0.25, -0.2) is 9.97 Å². The summed E-state index contributed by atoms with van der Waals surface area (Å²) in [5, 5.41) is 0.666. The first-order chi connectivity index (χ1) is 13.2. The third-order valence-electron chi connectivity index (χ3n) is 5.64. The molecule has 0 bridgehead atoms. The highest BCUT2D eigenvalue weighted by atomic mass is 16.4. The lowest BCUT2D eigenvalue weighted by atomic mass is 10.2. The number of nitrogens with zero attached hydrogens (tertiary/aromatic N) is 5. The number of fused-ring (bicyclic) bond motifs is 2. The average Bonchev–Trinajstić information content (AvgIpc) is 3.27. The van der Waals surface area contributed by atoms with E-state index < -0.39 is 0 Å². The third-order valence-corrected chi connectivity index (χ3v) is 5.64. The number of oxazole rings is 1. The molecule has 7 nitrogen and oxygen atoms in total. The highest BCUT2D eigenvalue weighted by Gasteiger charge is 2.22. The molecular formula is C20H23N5O2. The fraction of sp³-hybridized carbons (Fsp3) is 0.450. The van der Waals surface area contributed by atoms with Gasteiger partial charge < -0.3 is 13.9 Å². The van der Waals surface area contributed by atoms with E-state index in [-0.39, 0.29) is 5.56 Å². The lowest BCUT2D eigenvalue weighted by molar-refractivity contribution is 0.224. The van der Waals surface area contributed by atoms with Crippen molar-refractivity contribution in [1.29, 1.82) is 0 Å². The van der Waals surface area contributed by atoms with Crippen LogP contribution < -0.4 is 10.5 Å². The van der Waals surface area contributed by atoms with Crippen LogP contribution in [0.2, 0.25) is 0 Å². The Morgan fingerprint density at radius 3 is 2.81 bits per heavy atom. The van der Waals surface area contributed by atoms with Crippen LogP contribution >= 0.6 is 0 Å². The Morgan fingerprint density at radius 2 is 2.00 bits per heavy atom. The fourth-order valence-electron chi connectivity index (χ4n) is 4.06. The summed E-state index contributed by atoms with van der Waals surface area (Å²) in [6, 6.07) is 5.94. The molecule has 0 spiro atoms. The lowest BCUT2D eigenvalue weighted by Gasteiger charge is -2.35. The minimum Gasteiger partial charge on any atom is -0.444 e. The van der Waals surface area contributed by atoms with Crippen molar-refractivity contribution in [1.82, 2.24) is 19.4 Å². The molecule has 2 aromatic heterocycles. The molecule has 0 amide bonds. The predicted octanol–water partition coefficient (Wildman–Crippen LogP) is 1.73. The number of anilines is 1. The van der Waals surface area contributed by atoms with Gasteiger partial charge in [-0.1, -0.05) is 0 Å². The highest BCUT2D eigenvalue weighted by Crippen LogP contribution is 2.24. The number of benzene rings is 1. The molecule has 0 saturated carbocycles. The van der Waals surface area contributed by atoms with Crippen molar-refractivity contribution < 1.29 is 4.42 Å². The third kappa shape index (κ3) is 3.02. The Balaban J connectivity index is 1.26. The fourth-order valence-corrected chi connectivity index (χ4v) is 4.06. The van der Waals surface area contributed by atoms with Gasteiger partial charge in [-0.05, 0) is 31.0 Å². The van der Waals surface area contributed by atoms with Crippen LogP contribution in [0.25, 0.3) is 10.9 Å². The molecule has 0 atom stereocenters. The van der Waals surface area contributed by atoms with Gasteiger partial charge in [-0.15, -0.1) is 0 Å². The summed E-state index contributed by atoms with van der Waals surface area (Å²) in [5.41, 5.74) is 3.04. The van der Waals surface area contributed by atoms with Gasteiger partial charge >= 0.3 is 0 Å². The molecule has 1 saturated heterocycles. The van der Waals surface area contributed by atoms with E-state index in [0.717, 1.165) is 68.4 Å². The standard InChI is InChI=1S/C20H23N5O2/c1-23-13-21-17-11-14(5-6-15(17)20(23)26)25-9-7-24(8-10-25)12-19-22-16-3-2-4-18(16)27-19/h5-6,11,13H,2-4,7-10,12H2,1H3. The van der Waals surface area contributed by atoms with Crippen molar-refractivity contribution in [3.63, 3.8) is 0 Å². The predicted molar refractivity (Wildman–Crippen MR) is 103 cm³/mol. The number of hydrogen-bond donors (Lipinski definition) is 0. The summed E-state index contributed by atoms with van der Waals surface area (Å²) in [6.45, 7) is 4.60. The quantitative estimate of drug-likeness (QED) is 0.704. The van der Waals surface area contributed by atoms with Gasteiger partial charge in [0.15, 0.2) is 0 Å². The number of aromatic nitrogens is 3. The molecule has 0 unspecified atom stereocenters. The Morgan fingerprint density at radius 1 is 1.15 bits per heavy atom. The molecule has 1 aliphatic heterocycles. The minimum absolute atomic E-state index is 0.00536. The topological polar surface area (TPSA) is 67.4 Å². The Bertz CT molecular complexity index is 1020. The van der Waals surface area contributed by atoms with E-state index in [1.807, 2.05) is 18.2 Å². The molecule has 2 aliphatic rings. The van der Waals surface area contributed by atoms with Crippen LogP contribution in [0.15, 0.2) is 33.7 Å². The SMILES string of the molecule is Cn1cnc2cc(N3CCN(Cc4nc5c(o4)CCC5)CC3)ccc2c1=O. The van der Waals surface area contributed by atoms with Crippen molar-refractivity contribution >= 4 is 16.6 Å². The molecule has 1 fully saturated rings. The van der Waals surface area contributed by atoms with Gasteiger partial charge in [-0.2, -0.15) is 0 Å². The van der Waals surface area contributed by atoms with Gasteiger partial charge in [0.2, 0.25) is 5.89 Å². The van der Waals surface area contributed by atoms with Gasteiger partial charge in [0.25, 0.3) is 5.56 Å². The molecule has 1 aromatic carbocycles. The second-order valence-corrected chi connectivity index (χ2v) is 7.46. The maximum Gasteiger partial charge on any atom is 0.260 e. The summed E-state index contributed by atoms with van der Waals surface area (Å²) in [4.78, 5) is 26.0. The van der Waals surface area contributed by atoms with Crippen LogP contribution in [-0.2, 0) is 26.4 Å². The van der Waals surface area contributed by atoms with E-state index in [1.165, 1.54) is 16.7 Å². The molecule has 27 heavy (non-hydrogen) atoms. The Labute approximate surface area is 157 Å². The monoisotopic (exact) mass is 365 g/mol. The molecule has 0 N–H and O–H groups in total. The van der Waals surface area contributed by atoms with Crippen molar-refractivity contribution in [3.05, 3.63) is 52.2 Å². The minimum atomic E-state index is -0.00536. The van der Waals surface area contributed by atoms with Crippen molar-refractivity contribution in [2.45, 2.75) is 25.8 Å². The van der Waals surface area contributed by atoms with Crippen molar-refractivity contribution in [3.8, 4) is 0 Å². The largest absolute Gasteiger partial charge is 0.444 e. The Kier molecular flexibility index (Phi) is 3.97. The number of rotatable bonds is 3. The molecule has 3 heterocycles. The van der Waals surface area contributed by atoms with Crippen LogP contribution in [0.3, 0.4) is 0 Å². The average molecular weight is 365 g/mol. The molecule has 3 aromatic rings. The first-order valence-corrected chi connectivity index (χ1v) is 9.57. The number of hydrogen-bond acceptors (Lipinski definition) is 6. The number of aryl methyl sites for hydroxylation is 3. The van der Waals surface area contributed by atoms with E-state index in [4.69, 9.17) is 4.42 Å². The molecule has 0 radical (unpaired) electrons. The van der Waals surface area contributed by atoms with E-state index in [0.29, 0.717) is 5.39 Å². The van der Waals surface area contributed by atoms with Crippen LogP contribution in [-0.4, -0.2) is 45.6 Å². The van der Waals surface area contributed by atoms with Crippen LogP contribution in [0.1, 0.15) is 23.8 Å². The maximum absolute atomic E-state index is 12.2. The maximum atomic E-state index is 12.2. The Hall–Kier alpha value is -2.67. The summed E-state index contributed by atoms with van der Waals surface area (Å²) in [7, 11) is 1.73. The molecule has 1 aliphatic carbocycles. The second-order valence-electron chi connectivity index (χ2n) is 7.46. The van der Waals surface area contributed by atoms with Crippen molar-refractivity contribution in [2.24, 2.45) is 7.05 Å². The normalized spacial score (nSPS) is 17.6. The van der Waals surface area contributed by atoms with E-state index in [2.05, 4.69) is 19.8 Å². The van der Waals surface area contributed by atoms with E-state index >= 15 is 0 Å². The zero-order chi connectivity index (χ0) is 18.4. The summed E-state index contributed by atoms with van der Waals surface area (Å²) >= 11 is 0. The van der Waals surface area contributed by atoms with Crippen LogP contribution in [0, 0.1) is 0 Å². The smallest absolute Gasteiger partial charge is 0.260 e. The summed E-state index contributed by atoms with van der Waals surface area (Å²) < 4.78 is 7.42. The van der Waals surface area contributed by atoms with E-state index in [9.17, 15) is 4.79 Å². The van der Waals surface area contributed by atoms with Crippen molar-refractivity contribution in [2.75, 3.05) is 31.1 Å². The second kappa shape index (κ2) is 6.49. The number of piperazine rings is 1. The van der Waals surface area contributed by atoms with Crippen LogP contribution in [0.5, 0.6) is 0 Å². The molecule has 7 heteroatoms. The van der Waals surface area contributed by atoms with Gasteiger partial charge in [0, 0.05) is 45.3 Å². The molecule has 5 rings (SSSR count). The zero-order valence-electron chi connectivity index (χ0n) is 15.5. The van der Waals surface area contributed by atoms with Gasteiger partial charge in [0.05, 0.1) is 29.5 Å². The van der Waals surface area contributed by atoms with Gasteiger partial charge in [-0.3, -0.25) is 9.69 Å². The molecular weight excluding hydrogens is 342 g/mol. The van der Waals surface area contributed by atoms with E-state index in [1.54, 1.807) is 13.4 Å². The summed E-state index contributed by atoms with van der Waals surface area (Å²) in [5.74, 6) is 1.96. The first-order valence-electron chi connectivity index (χ1n) is 9.57. The molecule has 140 valence electrons.